The predicted octanol–water partition coefficient (Wildman–Crippen LogP) is 2.38. The van der Waals surface area contributed by atoms with Crippen LogP contribution in [0.4, 0.5) is 0 Å². The Hall–Kier alpha value is -2.47. The molecular weight excluding hydrogens is 306 g/mol. The van der Waals surface area contributed by atoms with Crippen molar-refractivity contribution in [3.8, 4) is 5.88 Å². The number of nitrogens with one attached hydrogen (secondary N) is 1. The second-order valence-electron chi connectivity index (χ2n) is 5.75. The summed E-state index contributed by atoms with van der Waals surface area (Å²) in [5.41, 5.74) is 1.43. The standard InChI is InChI=1S/C18H21N3O3/c1-23-18-15(5-3-9-20-18)17(22)21-16(13-6-10-24-11-7-13)14-4-2-8-19-12-14/h2-5,8-9,12-13,16H,6-7,10-11H2,1H3,(H,21,22)/t16-/m1/s1. The summed E-state index contributed by atoms with van der Waals surface area (Å²) < 4.78 is 10.6. The molecule has 24 heavy (non-hydrogen) atoms. The molecule has 0 saturated carbocycles. The molecule has 0 radical (unpaired) electrons. The Morgan fingerprint density at radius 2 is 2.08 bits per heavy atom. The van der Waals surface area contributed by atoms with Crippen molar-refractivity contribution in [2.75, 3.05) is 20.3 Å². The minimum atomic E-state index is -0.194. The molecule has 6 heteroatoms. The van der Waals surface area contributed by atoms with Crippen LogP contribution in [0.5, 0.6) is 5.88 Å². The maximum Gasteiger partial charge on any atom is 0.257 e. The third-order valence-corrected chi connectivity index (χ3v) is 4.28. The van der Waals surface area contributed by atoms with Crippen molar-refractivity contribution < 1.29 is 14.3 Å². The van der Waals surface area contributed by atoms with Gasteiger partial charge in [-0.25, -0.2) is 4.98 Å². The molecule has 1 N–H and O–H groups in total. The highest BCUT2D eigenvalue weighted by Crippen LogP contribution is 2.30. The minimum absolute atomic E-state index is 0.111. The monoisotopic (exact) mass is 327 g/mol. The molecule has 1 atom stereocenters. The van der Waals surface area contributed by atoms with E-state index in [1.165, 1.54) is 7.11 Å². The van der Waals surface area contributed by atoms with Gasteiger partial charge in [0.25, 0.3) is 5.91 Å². The van der Waals surface area contributed by atoms with E-state index in [9.17, 15) is 4.79 Å². The fourth-order valence-corrected chi connectivity index (χ4v) is 3.03. The summed E-state index contributed by atoms with van der Waals surface area (Å²) in [7, 11) is 1.51. The van der Waals surface area contributed by atoms with Gasteiger partial charge in [-0.15, -0.1) is 0 Å². The van der Waals surface area contributed by atoms with Gasteiger partial charge in [0.2, 0.25) is 5.88 Å². The van der Waals surface area contributed by atoms with E-state index in [0.717, 1.165) is 18.4 Å². The molecule has 3 heterocycles. The normalized spacial score (nSPS) is 16.4. The van der Waals surface area contributed by atoms with Crippen LogP contribution in [-0.4, -0.2) is 36.2 Å². The van der Waals surface area contributed by atoms with Gasteiger partial charge in [-0.3, -0.25) is 9.78 Å². The second-order valence-corrected chi connectivity index (χ2v) is 5.75. The van der Waals surface area contributed by atoms with E-state index in [1.54, 1.807) is 30.7 Å². The number of nitrogens with zero attached hydrogens (tertiary/aromatic N) is 2. The van der Waals surface area contributed by atoms with Crippen LogP contribution < -0.4 is 10.1 Å². The first-order valence-electron chi connectivity index (χ1n) is 8.07. The number of carbonyl (C=O) groups excluding carboxylic acids is 1. The highest BCUT2D eigenvalue weighted by atomic mass is 16.5. The van der Waals surface area contributed by atoms with E-state index in [1.807, 2.05) is 12.1 Å². The van der Waals surface area contributed by atoms with E-state index < -0.39 is 0 Å². The molecule has 2 aromatic rings. The Bertz CT molecular complexity index is 672. The molecule has 3 rings (SSSR count). The van der Waals surface area contributed by atoms with Crippen LogP contribution in [0.1, 0.15) is 34.8 Å². The highest BCUT2D eigenvalue weighted by Gasteiger charge is 2.28. The molecule has 0 bridgehead atoms. The van der Waals surface area contributed by atoms with Gasteiger partial charge in [-0.05, 0) is 42.5 Å². The van der Waals surface area contributed by atoms with Crippen molar-refractivity contribution in [3.05, 3.63) is 54.0 Å². The van der Waals surface area contributed by atoms with Crippen LogP contribution in [0.25, 0.3) is 0 Å². The van der Waals surface area contributed by atoms with Crippen LogP contribution in [0, 0.1) is 5.92 Å². The van der Waals surface area contributed by atoms with Gasteiger partial charge in [-0.2, -0.15) is 0 Å². The molecule has 0 aromatic carbocycles. The van der Waals surface area contributed by atoms with Crippen LogP contribution in [0.15, 0.2) is 42.9 Å². The SMILES string of the molecule is COc1ncccc1C(=O)N[C@@H](c1cccnc1)C1CCOCC1. The molecule has 1 saturated heterocycles. The lowest BCUT2D eigenvalue weighted by Gasteiger charge is -2.31. The van der Waals surface area contributed by atoms with Gasteiger partial charge in [0.1, 0.15) is 5.56 Å². The van der Waals surface area contributed by atoms with Crippen molar-refractivity contribution in [2.24, 2.45) is 5.92 Å². The quantitative estimate of drug-likeness (QED) is 0.913. The van der Waals surface area contributed by atoms with Crippen molar-refractivity contribution >= 4 is 5.91 Å². The summed E-state index contributed by atoms with van der Waals surface area (Å²) in [6, 6.07) is 7.21. The fraction of sp³-hybridized carbons (Fsp3) is 0.389. The first-order valence-corrected chi connectivity index (χ1v) is 8.07. The Morgan fingerprint density at radius 1 is 1.29 bits per heavy atom. The number of rotatable bonds is 5. The molecule has 126 valence electrons. The Balaban J connectivity index is 1.84. The molecule has 1 aliphatic heterocycles. The van der Waals surface area contributed by atoms with Gasteiger partial charge in [-0.1, -0.05) is 6.07 Å². The summed E-state index contributed by atoms with van der Waals surface area (Å²) in [5, 5.41) is 3.14. The van der Waals surface area contributed by atoms with E-state index in [0.29, 0.717) is 30.6 Å². The van der Waals surface area contributed by atoms with Crippen LogP contribution in [0.2, 0.25) is 0 Å². The van der Waals surface area contributed by atoms with Gasteiger partial charge in [0.15, 0.2) is 0 Å². The molecule has 0 unspecified atom stereocenters. The highest BCUT2D eigenvalue weighted by molar-refractivity contribution is 5.96. The summed E-state index contributed by atoms with van der Waals surface area (Å²) >= 11 is 0. The van der Waals surface area contributed by atoms with Gasteiger partial charge < -0.3 is 14.8 Å². The zero-order chi connectivity index (χ0) is 16.8. The maximum absolute atomic E-state index is 12.8. The van der Waals surface area contributed by atoms with Crippen LogP contribution >= 0.6 is 0 Å². The lowest BCUT2D eigenvalue weighted by Crippen LogP contribution is -2.36. The van der Waals surface area contributed by atoms with Crippen molar-refractivity contribution in [1.29, 1.82) is 0 Å². The molecule has 1 fully saturated rings. The molecule has 1 amide bonds. The number of amides is 1. The molecule has 0 aliphatic carbocycles. The molecule has 2 aromatic heterocycles. The summed E-state index contributed by atoms with van der Waals surface area (Å²) in [4.78, 5) is 21.1. The fourth-order valence-electron chi connectivity index (χ4n) is 3.03. The lowest BCUT2D eigenvalue weighted by atomic mass is 9.87. The van der Waals surface area contributed by atoms with Gasteiger partial charge in [0, 0.05) is 31.8 Å². The van der Waals surface area contributed by atoms with Crippen molar-refractivity contribution in [2.45, 2.75) is 18.9 Å². The van der Waals surface area contributed by atoms with Crippen molar-refractivity contribution in [3.63, 3.8) is 0 Å². The smallest absolute Gasteiger partial charge is 0.257 e. The number of hydrogen-bond donors (Lipinski definition) is 1. The summed E-state index contributed by atoms with van der Waals surface area (Å²) in [6.45, 7) is 1.43. The van der Waals surface area contributed by atoms with E-state index in [2.05, 4.69) is 15.3 Å². The zero-order valence-corrected chi connectivity index (χ0v) is 13.6. The average molecular weight is 327 g/mol. The van der Waals surface area contributed by atoms with Crippen molar-refractivity contribution in [1.82, 2.24) is 15.3 Å². The number of hydrogen-bond acceptors (Lipinski definition) is 5. The Labute approximate surface area is 141 Å². The first kappa shape index (κ1) is 16.4. The molecule has 1 aliphatic rings. The Morgan fingerprint density at radius 3 is 2.79 bits per heavy atom. The second kappa shape index (κ2) is 7.88. The largest absolute Gasteiger partial charge is 0.480 e. The predicted molar refractivity (Wildman–Crippen MR) is 88.8 cm³/mol. The first-order chi connectivity index (χ1) is 11.8. The number of aromatic nitrogens is 2. The number of carbonyl (C=O) groups is 1. The third kappa shape index (κ3) is 3.71. The minimum Gasteiger partial charge on any atom is -0.480 e. The zero-order valence-electron chi connectivity index (χ0n) is 13.6. The van der Waals surface area contributed by atoms with Gasteiger partial charge >= 0.3 is 0 Å². The van der Waals surface area contributed by atoms with E-state index >= 15 is 0 Å². The summed E-state index contributed by atoms with van der Waals surface area (Å²) in [5.74, 6) is 0.446. The number of pyridine rings is 2. The van der Waals surface area contributed by atoms with Crippen LogP contribution in [0.3, 0.4) is 0 Å². The Kier molecular flexibility index (Phi) is 5.38. The lowest BCUT2D eigenvalue weighted by molar-refractivity contribution is 0.0513. The average Bonchev–Trinajstić information content (AvgIpc) is 2.67. The number of methoxy groups -OCH3 is 1. The molecular formula is C18H21N3O3. The number of ether oxygens (including phenoxy) is 2. The third-order valence-electron chi connectivity index (χ3n) is 4.28. The topological polar surface area (TPSA) is 73.3 Å². The summed E-state index contributed by atoms with van der Waals surface area (Å²) in [6.07, 6.45) is 6.96. The van der Waals surface area contributed by atoms with Crippen LogP contribution in [-0.2, 0) is 4.74 Å². The molecule has 0 spiro atoms. The van der Waals surface area contributed by atoms with E-state index in [4.69, 9.17) is 9.47 Å². The van der Waals surface area contributed by atoms with Gasteiger partial charge in [0.05, 0.1) is 13.2 Å². The maximum atomic E-state index is 12.8. The van der Waals surface area contributed by atoms with E-state index in [-0.39, 0.29) is 11.9 Å². The molecule has 6 nitrogen and oxygen atoms in total.